The molecule has 1 aromatic carbocycles. The molecule has 4 heteroatoms. The predicted molar refractivity (Wildman–Crippen MR) is 59.1 cm³/mol. The van der Waals surface area contributed by atoms with Gasteiger partial charge in [0.15, 0.2) is 0 Å². The van der Waals surface area contributed by atoms with Crippen molar-refractivity contribution in [3.63, 3.8) is 0 Å². The number of hydrogen-bond donors (Lipinski definition) is 1. The lowest BCUT2D eigenvalue weighted by Gasteiger charge is -2.32. The number of aliphatic carboxylic acids is 1. The molecule has 1 fully saturated rings. The lowest BCUT2D eigenvalue weighted by atomic mass is 10.1. The molecule has 4 nitrogen and oxygen atoms in total. The van der Waals surface area contributed by atoms with Crippen molar-refractivity contribution in [1.82, 2.24) is 4.90 Å². The second kappa shape index (κ2) is 5.09. The van der Waals surface area contributed by atoms with Crippen molar-refractivity contribution in [3.8, 4) is 0 Å². The van der Waals surface area contributed by atoms with Crippen molar-refractivity contribution in [2.75, 3.05) is 19.8 Å². The zero-order valence-corrected chi connectivity index (χ0v) is 9.00. The molecule has 0 saturated carbocycles. The highest BCUT2D eigenvalue weighted by Crippen LogP contribution is 2.12. The molecule has 1 aliphatic rings. The van der Waals surface area contributed by atoms with Crippen LogP contribution in [-0.4, -0.2) is 41.8 Å². The minimum atomic E-state index is -0.810. The van der Waals surface area contributed by atoms with Crippen LogP contribution in [0.15, 0.2) is 30.3 Å². The number of morpholine rings is 1. The van der Waals surface area contributed by atoms with Gasteiger partial charge >= 0.3 is 5.97 Å². The number of rotatable bonds is 3. The summed E-state index contributed by atoms with van der Waals surface area (Å²) in [4.78, 5) is 13.0. The summed E-state index contributed by atoms with van der Waals surface area (Å²) >= 11 is 0. The molecular weight excluding hydrogens is 206 g/mol. The quantitative estimate of drug-likeness (QED) is 0.826. The molecule has 2 rings (SSSR count). The molecule has 0 aliphatic carbocycles. The fraction of sp³-hybridized carbons (Fsp3) is 0.417. The van der Waals surface area contributed by atoms with Gasteiger partial charge in [-0.3, -0.25) is 9.69 Å². The average Bonchev–Trinajstić information content (AvgIpc) is 2.31. The van der Waals surface area contributed by atoms with Crippen molar-refractivity contribution >= 4 is 5.97 Å². The van der Waals surface area contributed by atoms with Crippen LogP contribution in [0.3, 0.4) is 0 Å². The number of carboxylic acid groups (broad SMARTS) is 1. The molecule has 1 atom stereocenters. The van der Waals surface area contributed by atoms with Crippen LogP contribution >= 0.6 is 0 Å². The van der Waals surface area contributed by atoms with Crippen molar-refractivity contribution in [3.05, 3.63) is 35.9 Å². The van der Waals surface area contributed by atoms with Gasteiger partial charge in [-0.15, -0.1) is 0 Å². The summed E-state index contributed by atoms with van der Waals surface area (Å²) < 4.78 is 5.19. The molecule has 16 heavy (non-hydrogen) atoms. The van der Waals surface area contributed by atoms with E-state index in [1.54, 1.807) is 0 Å². The Morgan fingerprint density at radius 3 is 2.88 bits per heavy atom. The van der Waals surface area contributed by atoms with E-state index in [0.29, 0.717) is 19.7 Å². The zero-order chi connectivity index (χ0) is 11.4. The van der Waals surface area contributed by atoms with Crippen molar-refractivity contribution in [1.29, 1.82) is 0 Å². The number of carboxylic acids is 1. The molecule has 86 valence electrons. The van der Waals surface area contributed by atoms with E-state index in [-0.39, 0.29) is 6.61 Å². The Morgan fingerprint density at radius 2 is 2.19 bits per heavy atom. The smallest absolute Gasteiger partial charge is 0.323 e. The van der Waals surface area contributed by atoms with E-state index in [9.17, 15) is 4.79 Å². The van der Waals surface area contributed by atoms with Crippen LogP contribution in [0.1, 0.15) is 5.56 Å². The van der Waals surface area contributed by atoms with Crippen LogP contribution in [0.2, 0.25) is 0 Å². The molecule has 0 radical (unpaired) electrons. The van der Waals surface area contributed by atoms with E-state index >= 15 is 0 Å². The molecule has 0 amide bonds. The molecule has 0 aromatic heterocycles. The average molecular weight is 221 g/mol. The fourth-order valence-corrected chi connectivity index (χ4v) is 1.87. The van der Waals surface area contributed by atoms with Gasteiger partial charge in [-0.2, -0.15) is 0 Å². The SMILES string of the molecule is O=C(O)[C@@H]1COCCN1Cc1ccccc1. The van der Waals surface area contributed by atoms with Gasteiger partial charge in [-0.1, -0.05) is 30.3 Å². The third kappa shape index (κ3) is 2.59. The number of hydrogen-bond acceptors (Lipinski definition) is 3. The van der Waals surface area contributed by atoms with Crippen LogP contribution in [0.25, 0.3) is 0 Å². The Hall–Kier alpha value is -1.39. The highest BCUT2D eigenvalue weighted by Gasteiger charge is 2.28. The molecule has 1 aliphatic heterocycles. The maximum absolute atomic E-state index is 11.0. The van der Waals surface area contributed by atoms with Crippen molar-refractivity contribution in [2.24, 2.45) is 0 Å². The van der Waals surface area contributed by atoms with Gasteiger partial charge in [0.05, 0.1) is 13.2 Å². The topological polar surface area (TPSA) is 49.8 Å². The molecule has 1 N–H and O–H groups in total. The third-order valence-electron chi connectivity index (χ3n) is 2.75. The van der Waals surface area contributed by atoms with Gasteiger partial charge in [0.1, 0.15) is 6.04 Å². The summed E-state index contributed by atoms with van der Waals surface area (Å²) in [6, 6.07) is 9.38. The van der Waals surface area contributed by atoms with Gasteiger partial charge < -0.3 is 9.84 Å². The number of benzene rings is 1. The Kier molecular flexibility index (Phi) is 3.54. The summed E-state index contributed by atoms with van der Waals surface area (Å²) in [6.45, 7) is 2.23. The normalized spacial score (nSPS) is 21.9. The molecule has 0 bridgehead atoms. The molecule has 1 saturated heterocycles. The third-order valence-corrected chi connectivity index (χ3v) is 2.75. The van der Waals surface area contributed by atoms with Crippen LogP contribution in [0.4, 0.5) is 0 Å². The van der Waals surface area contributed by atoms with E-state index < -0.39 is 12.0 Å². The first-order valence-corrected chi connectivity index (χ1v) is 5.36. The maximum Gasteiger partial charge on any atom is 0.323 e. The fourth-order valence-electron chi connectivity index (χ4n) is 1.87. The summed E-state index contributed by atoms with van der Waals surface area (Å²) in [5, 5.41) is 9.07. The maximum atomic E-state index is 11.0. The Morgan fingerprint density at radius 1 is 1.44 bits per heavy atom. The Balaban J connectivity index is 2.04. The first-order valence-electron chi connectivity index (χ1n) is 5.36. The zero-order valence-electron chi connectivity index (χ0n) is 9.00. The van der Waals surface area contributed by atoms with Crippen LogP contribution in [0, 0.1) is 0 Å². The van der Waals surface area contributed by atoms with E-state index in [4.69, 9.17) is 9.84 Å². The van der Waals surface area contributed by atoms with Crippen molar-refractivity contribution in [2.45, 2.75) is 12.6 Å². The highest BCUT2D eigenvalue weighted by atomic mass is 16.5. The summed E-state index contributed by atoms with van der Waals surface area (Å²) in [6.07, 6.45) is 0. The number of nitrogens with zero attached hydrogens (tertiary/aromatic N) is 1. The molecule has 1 aromatic rings. The lowest BCUT2D eigenvalue weighted by molar-refractivity contribution is -0.150. The van der Waals surface area contributed by atoms with E-state index in [2.05, 4.69) is 0 Å². The Labute approximate surface area is 94.4 Å². The van der Waals surface area contributed by atoms with E-state index in [1.165, 1.54) is 0 Å². The summed E-state index contributed by atoms with van der Waals surface area (Å²) in [5.41, 5.74) is 1.13. The molecule has 1 heterocycles. The lowest BCUT2D eigenvalue weighted by Crippen LogP contribution is -2.49. The predicted octanol–water partition coefficient (Wildman–Crippen LogP) is 0.972. The second-order valence-corrected chi connectivity index (χ2v) is 3.89. The molecular formula is C12H15NO3. The largest absolute Gasteiger partial charge is 0.480 e. The number of ether oxygens (including phenoxy) is 1. The van der Waals surface area contributed by atoms with Crippen LogP contribution < -0.4 is 0 Å². The van der Waals surface area contributed by atoms with E-state index in [1.807, 2.05) is 35.2 Å². The number of carbonyl (C=O) groups is 1. The van der Waals surface area contributed by atoms with Crippen LogP contribution in [-0.2, 0) is 16.1 Å². The minimum Gasteiger partial charge on any atom is -0.480 e. The highest BCUT2D eigenvalue weighted by molar-refractivity contribution is 5.73. The van der Waals surface area contributed by atoms with Gasteiger partial charge in [0.25, 0.3) is 0 Å². The monoisotopic (exact) mass is 221 g/mol. The standard InChI is InChI=1S/C12H15NO3/c14-12(15)11-9-16-7-6-13(11)8-10-4-2-1-3-5-10/h1-5,11H,6-9H2,(H,14,15)/t11-/m0/s1. The van der Waals surface area contributed by atoms with Gasteiger partial charge in [0, 0.05) is 13.1 Å². The Bertz CT molecular complexity index is 353. The summed E-state index contributed by atoms with van der Waals surface area (Å²) in [5.74, 6) is -0.810. The van der Waals surface area contributed by atoms with Crippen LogP contribution in [0.5, 0.6) is 0 Å². The van der Waals surface area contributed by atoms with E-state index in [0.717, 1.165) is 5.56 Å². The first kappa shape index (κ1) is 11.1. The van der Waals surface area contributed by atoms with Gasteiger partial charge in [0.2, 0.25) is 0 Å². The second-order valence-electron chi connectivity index (χ2n) is 3.89. The first-order chi connectivity index (χ1) is 7.77. The summed E-state index contributed by atoms with van der Waals surface area (Å²) in [7, 11) is 0. The molecule has 0 spiro atoms. The molecule has 0 unspecified atom stereocenters. The van der Waals surface area contributed by atoms with Gasteiger partial charge in [-0.05, 0) is 5.56 Å². The minimum absolute atomic E-state index is 0.280. The van der Waals surface area contributed by atoms with Gasteiger partial charge in [-0.25, -0.2) is 0 Å². The van der Waals surface area contributed by atoms with Crippen molar-refractivity contribution < 1.29 is 14.6 Å².